The molecular weight excluding hydrogens is 202 g/mol. The summed E-state index contributed by atoms with van der Waals surface area (Å²) in [5.41, 5.74) is 9.29. The lowest BCUT2D eigenvalue weighted by Crippen LogP contribution is -2.30. The third-order valence-corrected chi connectivity index (χ3v) is 2.97. The van der Waals surface area contributed by atoms with Gasteiger partial charge in [-0.05, 0) is 36.0 Å². The zero-order valence-electron chi connectivity index (χ0n) is 9.02. The number of benzene rings is 1. The summed E-state index contributed by atoms with van der Waals surface area (Å²) in [6.45, 7) is 0. The summed E-state index contributed by atoms with van der Waals surface area (Å²) in [4.78, 5) is 10.6. The number of fused-ring (bicyclic) bond motifs is 1. The van der Waals surface area contributed by atoms with E-state index in [0.29, 0.717) is 6.42 Å². The summed E-state index contributed by atoms with van der Waals surface area (Å²) in [5.74, 6) is -0.925. The van der Waals surface area contributed by atoms with Crippen molar-refractivity contribution in [2.45, 2.75) is 25.3 Å². The number of nitrogens with two attached hydrogens (primary N) is 1. The van der Waals surface area contributed by atoms with Crippen molar-refractivity contribution in [1.82, 2.24) is 0 Å². The molecule has 0 aromatic heterocycles. The zero-order valence-corrected chi connectivity index (χ0v) is 9.02. The van der Waals surface area contributed by atoms with Gasteiger partial charge in [-0.3, -0.25) is 4.79 Å². The van der Waals surface area contributed by atoms with E-state index in [9.17, 15) is 4.79 Å². The third-order valence-electron chi connectivity index (χ3n) is 2.97. The smallest absolute Gasteiger partial charge is 0.320 e. The lowest BCUT2D eigenvalue weighted by atomic mass is 9.97. The molecule has 3 nitrogen and oxygen atoms in total. The first-order valence-corrected chi connectivity index (χ1v) is 5.44. The highest BCUT2D eigenvalue weighted by atomic mass is 16.4. The van der Waals surface area contributed by atoms with Crippen LogP contribution in [0.1, 0.15) is 23.1 Å². The minimum absolute atomic E-state index is 0.492. The van der Waals surface area contributed by atoms with Gasteiger partial charge in [-0.25, -0.2) is 0 Å². The van der Waals surface area contributed by atoms with Crippen LogP contribution in [0.25, 0.3) is 6.08 Å². The van der Waals surface area contributed by atoms with Crippen LogP contribution in [0.3, 0.4) is 0 Å². The molecule has 0 spiro atoms. The van der Waals surface area contributed by atoms with Gasteiger partial charge in [0.2, 0.25) is 0 Å². The molecule has 1 aliphatic carbocycles. The number of carboxylic acids is 1. The average Bonchev–Trinajstić information content (AvgIpc) is 2.73. The van der Waals surface area contributed by atoms with E-state index in [1.54, 1.807) is 0 Å². The zero-order chi connectivity index (χ0) is 11.5. The van der Waals surface area contributed by atoms with E-state index < -0.39 is 12.0 Å². The second-order valence-corrected chi connectivity index (χ2v) is 4.07. The number of allylic oxidation sites excluding steroid dienone is 1. The quantitative estimate of drug-likeness (QED) is 0.805. The van der Waals surface area contributed by atoms with E-state index in [1.807, 2.05) is 6.07 Å². The van der Waals surface area contributed by atoms with Crippen LogP contribution in [0.4, 0.5) is 0 Å². The molecule has 0 fully saturated rings. The number of carboxylic acid groups (broad SMARTS) is 1. The van der Waals surface area contributed by atoms with E-state index in [0.717, 1.165) is 12.8 Å². The second-order valence-electron chi connectivity index (χ2n) is 4.07. The molecule has 3 N–H and O–H groups in total. The SMILES string of the molecule is NC(CCc1cccc2c1CC=C2)C(=O)O. The number of rotatable bonds is 4. The molecule has 1 aromatic carbocycles. The number of carbonyl (C=O) groups is 1. The minimum Gasteiger partial charge on any atom is -0.480 e. The largest absolute Gasteiger partial charge is 0.480 e. The summed E-state index contributed by atoms with van der Waals surface area (Å²) in [6.07, 6.45) is 6.42. The molecule has 2 rings (SSSR count). The molecule has 1 aliphatic rings. The molecule has 3 heteroatoms. The van der Waals surface area contributed by atoms with Crippen LogP contribution in [-0.2, 0) is 17.6 Å². The van der Waals surface area contributed by atoms with Crippen LogP contribution in [-0.4, -0.2) is 17.1 Å². The fraction of sp³-hybridized carbons (Fsp3) is 0.308. The van der Waals surface area contributed by atoms with Gasteiger partial charge in [0, 0.05) is 0 Å². The summed E-state index contributed by atoms with van der Waals surface area (Å²) in [7, 11) is 0. The van der Waals surface area contributed by atoms with Crippen molar-refractivity contribution in [2.24, 2.45) is 5.73 Å². The Morgan fingerprint density at radius 1 is 1.50 bits per heavy atom. The van der Waals surface area contributed by atoms with Gasteiger partial charge in [0.25, 0.3) is 0 Å². The van der Waals surface area contributed by atoms with Gasteiger partial charge in [-0.1, -0.05) is 30.4 Å². The maximum Gasteiger partial charge on any atom is 0.320 e. The molecule has 0 bridgehead atoms. The molecule has 0 radical (unpaired) electrons. The molecule has 16 heavy (non-hydrogen) atoms. The topological polar surface area (TPSA) is 63.3 Å². The molecular formula is C13H15NO2. The maximum absolute atomic E-state index is 10.6. The van der Waals surface area contributed by atoms with Crippen LogP contribution in [0.15, 0.2) is 24.3 Å². The van der Waals surface area contributed by atoms with Crippen molar-refractivity contribution < 1.29 is 9.90 Å². The van der Waals surface area contributed by atoms with Crippen molar-refractivity contribution in [3.8, 4) is 0 Å². The molecule has 1 atom stereocenters. The molecule has 1 aromatic rings. The first-order valence-electron chi connectivity index (χ1n) is 5.44. The number of aryl methyl sites for hydroxylation is 1. The highest BCUT2D eigenvalue weighted by Gasteiger charge is 2.14. The normalized spacial score (nSPS) is 14.8. The van der Waals surface area contributed by atoms with Crippen molar-refractivity contribution in [3.63, 3.8) is 0 Å². The van der Waals surface area contributed by atoms with E-state index in [-0.39, 0.29) is 0 Å². The Hall–Kier alpha value is -1.61. The van der Waals surface area contributed by atoms with Crippen molar-refractivity contribution in [3.05, 3.63) is 41.0 Å². The van der Waals surface area contributed by atoms with Crippen molar-refractivity contribution >= 4 is 12.0 Å². The molecule has 1 unspecified atom stereocenters. The highest BCUT2D eigenvalue weighted by Crippen LogP contribution is 2.24. The van der Waals surface area contributed by atoms with Gasteiger partial charge in [0.05, 0.1) is 0 Å². The second kappa shape index (κ2) is 4.49. The lowest BCUT2D eigenvalue weighted by molar-refractivity contribution is -0.138. The van der Waals surface area contributed by atoms with Gasteiger partial charge >= 0.3 is 5.97 Å². The Bertz CT molecular complexity index is 438. The van der Waals surface area contributed by atoms with Gasteiger partial charge in [0.15, 0.2) is 0 Å². The Balaban J connectivity index is 2.06. The monoisotopic (exact) mass is 217 g/mol. The standard InChI is InChI=1S/C13H15NO2/c14-12(13(15)16)8-7-10-4-1-3-9-5-2-6-11(9)10/h1-5,12H,6-8,14H2,(H,15,16). The number of hydrogen-bond donors (Lipinski definition) is 2. The molecule has 0 amide bonds. The maximum atomic E-state index is 10.6. The Kier molecular flexibility index (Phi) is 3.06. The van der Waals surface area contributed by atoms with Crippen LogP contribution in [0.5, 0.6) is 0 Å². The van der Waals surface area contributed by atoms with Gasteiger partial charge < -0.3 is 10.8 Å². The average molecular weight is 217 g/mol. The Morgan fingerprint density at radius 3 is 3.06 bits per heavy atom. The summed E-state index contributed by atoms with van der Waals surface area (Å²) < 4.78 is 0. The fourth-order valence-corrected chi connectivity index (χ4v) is 2.03. The van der Waals surface area contributed by atoms with Crippen LogP contribution < -0.4 is 5.73 Å². The van der Waals surface area contributed by atoms with Crippen molar-refractivity contribution in [2.75, 3.05) is 0 Å². The predicted octanol–water partition coefficient (Wildman–Crippen LogP) is 1.60. The van der Waals surface area contributed by atoms with Gasteiger partial charge in [-0.15, -0.1) is 0 Å². The predicted molar refractivity (Wildman–Crippen MR) is 63.1 cm³/mol. The Morgan fingerprint density at radius 2 is 2.31 bits per heavy atom. The third kappa shape index (κ3) is 2.14. The fourth-order valence-electron chi connectivity index (χ4n) is 2.03. The highest BCUT2D eigenvalue weighted by molar-refractivity contribution is 5.73. The molecule has 84 valence electrons. The van der Waals surface area contributed by atoms with E-state index in [1.165, 1.54) is 16.7 Å². The summed E-state index contributed by atoms with van der Waals surface area (Å²) in [5, 5.41) is 8.72. The molecule has 0 saturated carbocycles. The van der Waals surface area contributed by atoms with E-state index in [2.05, 4.69) is 24.3 Å². The van der Waals surface area contributed by atoms with E-state index in [4.69, 9.17) is 10.8 Å². The van der Waals surface area contributed by atoms with Gasteiger partial charge in [0.1, 0.15) is 6.04 Å². The number of aliphatic carboxylic acids is 1. The lowest BCUT2D eigenvalue weighted by Gasteiger charge is -2.10. The molecule has 0 saturated heterocycles. The number of hydrogen-bond acceptors (Lipinski definition) is 2. The summed E-state index contributed by atoms with van der Waals surface area (Å²) >= 11 is 0. The van der Waals surface area contributed by atoms with Gasteiger partial charge in [-0.2, -0.15) is 0 Å². The molecule has 0 aliphatic heterocycles. The minimum atomic E-state index is -0.925. The first kappa shape index (κ1) is 10.9. The Labute approximate surface area is 94.6 Å². The van der Waals surface area contributed by atoms with Crippen molar-refractivity contribution in [1.29, 1.82) is 0 Å². The first-order chi connectivity index (χ1) is 7.68. The molecule has 0 heterocycles. The summed E-state index contributed by atoms with van der Waals surface area (Å²) in [6, 6.07) is 5.39. The van der Waals surface area contributed by atoms with Crippen LogP contribution >= 0.6 is 0 Å². The van der Waals surface area contributed by atoms with Crippen LogP contribution in [0, 0.1) is 0 Å². The van der Waals surface area contributed by atoms with E-state index >= 15 is 0 Å². The van der Waals surface area contributed by atoms with Crippen LogP contribution in [0.2, 0.25) is 0 Å².